The van der Waals surface area contributed by atoms with Crippen molar-refractivity contribution in [3.63, 3.8) is 0 Å². The highest BCUT2D eigenvalue weighted by Crippen LogP contribution is 2.26. The number of carbonyl (C=O) groups excluding carboxylic acids is 2. The molecule has 7 nitrogen and oxygen atoms in total. The monoisotopic (exact) mass is 456 g/mol. The van der Waals surface area contributed by atoms with Crippen molar-refractivity contribution in [2.75, 3.05) is 52.9 Å². The van der Waals surface area contributed by atoms with Crippen molar-refractivity contribution < 1.29 is 14.3 Å². The first-order chi connectivity index (χ1) is 16.1. The SMILES string of the molecule is CN(Cc1cccc(OCCN2CCN(C(=O)C3CCCCC3)CC2)c1)C[C@H]1CCC(=O)N1. The second-order valence-electron chi connectivity index (χ2n) is 10.00. The van der Waals surface area contributed by atoms with E-state index in [2.05, 4.69) is 39.2 Å². The number of hydrogen-bond donors (Lipinski definition) is 1. The van der Waals surface area contributed by atoms with Gasteiger partial charge in [0.2, 0.25) is 11.8 Å². The van der Waals surface area contributed by atoms with Gasteiger partial charge in [-0.2, -0.15) is 0 Å². The summed E-state index contributed by atoms with van der Waals surface area (Å²) in [5, 5.41) is 3.03. The summed E-state index contributed by atoms with van der Waals surface area (Å²) in [4.78, 5) is 30.9. The molecule has 1 aliphatic carbocycles. The highest BCUT2D eigenvalue weighted by molar-refractivity contribution is 5.79. The maximum absolute atomic E-state index is 12.7. The van der Waals surface area contributed by atoms with Gasteiger partial charge in [-0.1, -0.05) is 31.4 Å². The molecule has 1 N–H and O–H groups in total. The third kappa shape index (κ3) is 7.18. The van der Waals surface area contributed by atoms with Crippen molar-refractivity contribution in [3.05, 3.63) is 29.8 Å². The van der Waals surface area contributed by atoms with E-state index in [1.165, 1.54) is 24.8 Å². The Bertz CT molecular complexity index is 787. The fourth-order valence-corrected chi connectivity index (χ4v) is 5.39. The highest BCUT2D eigenvalue weighted by atomic mass is 16.5. The minimum Gasteiger partial charge on any atom is -0.492 e. The van der Waals surface area contributed by atoms with Gasteiger partial charge in [-0.3, -0.25) is 14.5 Å². The summed E-state index contributed by atoms with van der Waals surface area (Å²) < 4.78 is 6.05. The Morgan fingerprint density at radius 1 is 1.12 bits per heavy atom. The van der Waals surface area contributed by atoms with Gasteiger partial charge in [-0.15, -0.1) is 0 Å². The van der Waals surface area contributed by atoms with Crippen LogP contribution in [0.2, 0.25) is 0 Å². The molecule has 4 rings (SSSR count). The average molecular weight is 457 g/mol. The quantitative estimate of drug-likeness (QED) is 0.619. The Hall–Kier alpha value is -2.12. The van der Waals surface area contributed by atoms with Gasteiger partial charge in [-0.05, 0) is 44.0 Å². The molecule has 0 aromatic heterocycles. The Morgan fingerprint density at radius 2 is 1.91 bits per heavy atom. The first kappa shape index (κ1) is 24.0. The standard InChI is InChI=1S/C26H40N4O3/c1-28(20-23-10-11-25(31)27-23)19-21-6-5-9-24(18-21)33-17-16-29-12-14-30(15-13-29)26(32)22-7-3-2-4-8-22/h5-6,9,18,22-23H,2-4,7-8,10-17,19-20H2,1H3,(H,27,31)/t23-/m1/s1. The van der Waals surface area contributed by atoms with E-state index >= 15 is 0 Å². The Labute approximate surface area is 198 Å². The number of nitrogens with zero attached hydrogens (tertiary/aromatic N) is 3. The minimum absolute atomic E-state index is 0.168. The Kier molecular flexibility index (Phi) is 8.62. The van der Waals surface area contributed by atoms with Crippen molar-refractivity contribution in [3.8, 4) is 5.75 Å². The van der Waals surface area contributed by atoms with Crippen molar-refractivity contribution in [1.29, 1.82) is 0 Å². The van der Waals surface area contributed by atoms with Gasteiger partial charge < -0.3 is 19.9 Å². The lowest BCUT2D eigenvalue weighted by Crippen LogP contribution is -2.51. The van der Waals surface area contributed by atoms with Gasteiger partial charge in [0.15, 0.2) is 0 Å². The van der Waals surface area contributed by atoms with Crippen LogP contribution in [0.15, 0.2) is 24.3 Å². The molecule has 1 saturated carbocycles. The van der Waals surface area contributed by atoms with Crippen LogP contribution in [-0.4, -0.2) is 85.5 Å². The fourth-order valence-electron chi connectivity index (χ4n) is 5.39. The van der Waals surface area contributed by atoms with Gasteiger partial charge >= 0.3 is 0 Å². The van der Waals surface area contributed by atoms with Crippen LogP contribution in [0.3, 0.4) is 0 Å². The predicted octanol–water partition coefficient (Wildman–Crippen LogP) is 2.50. The molecule has 3 aliphatic rings. The van der Waals surface area contributed by atoms with Crippen LogP contribution in [0, 0.1) is 5.92 Å². The summed E-state index contributed by atoms with van der Waals surface area (Å²) in [6, 6.07) is 8.57. The number of amides is 2. The normalized spacial score (nSPS) is 22.5. The summed E-state index contributed by atoms with van der Waals surface area (Å²) in [5.41, 5.74) is 1.22. The third-order valence-electron chi connectivity index (χ3n) is 7.28. The zero-order chi connectivity index (χ0) is 23.0. The third-order valence-corrected chi connectivity index (χ3v) is 7.28. The number of nitrogens with one attached hydrogen (secondary N) is 1. The van der Waals surface area contributed by atoms with E-state index in [1.54, 1.807) is 0 Å². The number of likely N-dealkylation sites (N-methyl/N-ethyl adjacent to an activating group) is 1. The molecule has 0 unspecified atom stereocenters. The van der Waals surface area contributed by atoms with Gasteiger partial charge in [0, 0.05) is 64.2 Å². The average Bonchev–Trinajstić information content (AvgIpc) is 3.24. The van der Waals surface area contributed by atoms with Crippen LogP contribution < -0.4 is 10.1 Å². The second-order valence-corrected chi connectivity index (χ2v) is 10.00. The summed E-state index contributed by atoms with van der Waals surface area (Å²) in [6.45, 7) is 6.81. The molecule has 1 aromatic carbocycles. The van der Waals surface area contributed by atoms with Crippen molar-refractivity contribution in [2.45, 2.75) is 57.5 Å². The van der Waals surface area contributed by atoms with E-state index in [0.717, 1.165) is 70.8 Å². The molecule has 1 atom stereocenters. The van der Waals surface area contributed by atoms with Crippen LogP contribution >= 0.6 is 0 Å². The van der Waals surface area contributed by atoms with Gasteiger partial charge in [0.05, 0.1) is 0 Å². The molecule has 3 fully saturated rings. The lowest BCUT2D eigenvalue weighted by molar-refractivity contribution is -0.138. The zero-order valence-corrected chi connectivity index (χ0v) is 20.1. The number of hydrogen-bond acceptors (Lipinski definition) is 5. The summed E-state index contributed by atoms with van der Waals surface area (Å²) in [7, 11) is 2.09. The Morgan fingerprint density at radius 3 is 2.64 bits per heavy atom. The van der Waals surface area contributed by atoms with E-state index in [0.29, 0.717) is 18.9 Å². The van der Waals surface area contributed by atoms with Crippen molar-refractivity contribution in [2.24, 2.45) is 5.92 Å². The summed E-state index contributed by atoms with van der Waals surface area (Å²) in [6.07, 6.45) is 7.45. The maximum atomic E-state index is 12.7. The van der Waals surface area contributed by atoms with E-state index in [9.17, 15) is 9.59 Å². The number of rotatable bonds is 9. The van der Waals surface area contributed by atoms with E-state index in [4.69, 9.17) is 4.74 Å². The van der Waals surface area contributed by atoms with Crippen LogP contribution in [0.1, 0.15) is 50.5 Å². The first-order valence-electron chi connectivity index (χ1n) is 12.8. The summed E-state index contributed by atoms with van der Waals surface area (Å²) in [5.74, 6) is 1.74. The number of benzene rings is 1. The minimum atomic E-state index is 0.168. The van der Waals surface area contributed by atoms with E-state index in [-0.39, 0.29) is 17.9 Å². The van der Waals surface area contributed by atoms with E-state index in [1.807, 2.05) is 12.1 Å². The van der Waals surface area contributed by atoms with Gasteiger partial charge in [0.1, 0.15) is 12.4 Å². The fraction of sp³-hybridized carbons (Fsp3) is 0.692. The number of carbonyl (C=O) groups is 2. The topological polar surface area (TPSA) is 65.1 Å². The van der Waals surface area contributed by atoms with Gasteiger partial charge in [-0.25, -0.2) is 0 Å². The van der Waals surface area contributed by atoms with Crippen LogP contribution in [0.5, 0.6) is 5.75 Å². The molecule has 0 spiro atoms. The van der Waals surface area contributed by atoms with E-state index < -0.39 is 0 Å². The number of piperazine rings is 1. The smallest absolute Gasteiger partial charge is 0.225 e. The zero-order valence-electron chi connectivity index (χ0n) is 20.1. The molecule has 7 heteroatoms. The molecule has 2 aliphatic heterocycles. The molecule has 2 saturated heterocycles. The maximum Gasteiger partial charge on any atom is 0.225 e. The van der Waals surface area contributed by atoms with Crippen LogP contribution in [0.4, 0.5) is 0 Å². The van der Waals surface area contributed by atoms with Crippen LogP contribution in [0.25, 0.3) is 0 Å². The molecule has 1 aromatic rings. The lowest BCUT2D eigenvalue weighted by atomic mass is 9.88. The molecule has 182 valence electrons. The highest BCUT2D eigenvalue weighted by Gasteiger charge is 2.28. The largest absolute Gasteiger partial charge is 0.492 e. The molecule has 2 amide bonds. The molecule has 0 radical (unpaired) electrons. The predicted molar refractivity (Wildman–Crippen MR) is 129 cm³/mol. The lowest BCUT2D eigenvalue weighted by Gasteiger charge is -2.37. The van der Waals surface area contributed by atoms with Gasteiger partial charge in [0.25, 0.3) is 0 Å². The Balaban J connectivity index is 1.14. The molecule has 2 heterocycles. The molecular formula is C26H40N4O3. The second kappa shape index (κ2) is 11.8. The molecular weight excluding hydrogens is 416 g/mol. The molecule has 0 bridgehead atoms. The van der Waals surface area contributed by atoms with Crippen molar-refractivity contribution in [1.82, 2.24) is 20.0 Å². The molecule has 33 heavy (non-hydrogen) atoms. The summed E-state index contributed by atoms with van der Waals surface area (Å²) >= 11 is 0. The number of ether oxygens (including phenoxy) is 1. The van der Waals surface area contributed by atoms with Crippen LogP contribution in [-0.2, 0) is 16.1 Å². The first-order valence-corrected chi connectivity index (χ1v) is 12.8. The van der Waals surface area contributed by atoms with Crippen molar-refractivity contribution >= 4 is 11.8 Å².